The average molecular weight is 283 g/mol. The van der Waals surface area contributed by atoms with Crippen LogP contribution in [0.1, 0.15) is 42.5 Å². The Labute approximate surface area is 127 Å². The molecule has 0 fully saturated rings. The predicted molar refractivity (Wildman–Crippen MR) is 88.0 cm³/mol. The summed E-state index contributed by atoms with van der Waals surface area (Å²) in [5, 5.41) is 0. The molecule has 3 heteroatoms. The zero-order valence-electron chi connectivity index (χ0n) is 13.2. The lowest BCUT2D eigenvalue weighted by Crippen LogP contribution is -2.28. The smallest absolute Gasteiger partial charge is 0.0424 e. The van der Waals surface area contributed by atoms with E-state index in [9.17, 15) is 0 Å². The van der Waals surface area contributed by atoms with E-state index in [0.717, 1.165) is 13.1 Å². The topological polar surface area (TPSA) is 42.1 Å². The predicted octanol–water partition coefficient (Wildman–Crippen LogP) is 3.34. The fourth-order valence-corrected chi connectivity index (χ4v) is 2.44. The van der Waals surface area contributed by atoms with E-state index in [1.165, 1.54) is 16.7 Å². The van der Waals surface area contributed by atoms with Crippen LogP contribution in [0.2, 0.25) is 0 Å². The van der Waals surface area contributed by atoms with Crippen LogP contribution in [0.3, 0.4) is 0 Å². The monoisotopic (exact) mass is 283 g/mol. The van der Waals surface area contributed by atoms with Crippen LogP contribution >= 0.6 is 0 Å². The van der Waals surface area contributed by atoms with E-state index in [1.54, 1.807) is 6.20 Å². The van der Waals surface area contributed by atoms with E-state index in [-0.39, 0.29) is 6.04 Å². The quantitative estimate of drug-likeness (QED) is 0.884. The van der Waals surface area contributed by atoms with Gasteiger partial charge < -0.3 is 10.6 Å². The molecule has 1 heterocycles. The molecule has 0 aliphatic heterocycles. The molecule has 0 bridgehead atoms. The molecule has 21 heavy (non-hydrogen) atoms. The third-order valence-electron chi connectivity index (χ3n) is 3.71. The van der Waals surface area contributed by atoms with Crippen LogP contribution in [0.4, 0.5) is 0 Å². The van der Waals surface area contributed by atoms with Gasteiger partial charge in [-0.2, -0.15) is 0 Å². The van der Waals surface area contributed by atoms with Crippen molar-refractivity contribution in [1.29, 1.82) is 0 Å². The zero-order valence-corrected chi connectivity index (χ0v) is 13.2. The molecular formula is C18H25N3. The number of rotatable bonds is 6. The van der Waals surface area contributed by atoms with Crippen molar-refractivity contribution in [1.82, 2.24) is 9.88 Å². The Morgan fingerprint density at radius 2 is 1.76 bits per heavy atom. The van der Waals surface area contributed by atoms with Crippen LogP contribution in [0.15, 0.2) is 48.8 Å². The standard InChI is InChI=1S/C18H25N3/c1-14(2)16-6-8-17(9-7-16)18(19)13-21(3)12-15-5-4-10-20-11-15/h4-11,14,18H,12-13,19H2,1-3H3. The van der Waals surface area contributed by atoms with E-state index in [0.29, 0.717) is 5.92 Å². The highest BCUT2D eigenvalue weighted by molar-refractivity contribution is 5.26. The summed E-state index contributed by atoms with van der Waals surface area (Å²) in [7, 11) is 2.09. The van der Waals surface area contributed by atoms with E-state index >= 15 is 0 Å². The first-order valence-corrected chi connectivity index (χ1v) is 7.49. The molecule has 0 aliphatic carbocycles. The first kappa shape index (κ1) is 15.7. The zero-order chi connectivity index (χ0) is 15.2. The Kier molecular flexibility index (Phi) is 5.48. The van der Waals surface area contributed by atoms with Crippen molar-refractivity contribution < 1.29 is 0 Å². The second kappa shape index (κ2) is 7.34. The highest BCUT2D eigenvalue weighted by Gasteiger charge is 2.10. The number of benzene rings is 1. The number of nitrogens with two attached hydrogens (primary N) is 1. The second-order valence-corrected chi connectivity index (χ2v) is 5.99. The van der Waals surface area contributed by atoms with Gasteiger partial charge in [0.25, 0.3) is 0 Å². The normalized spacial score (nSPS) is 12.9. The van der Waals surface area contributed by atoms with Gasteiger partial charge in [-0.3, -0.25) is 4.98 Å². The van der Waals surface area contributed by atoms with Crippen LogP contribution in [-0.2, 0) is 6.54 Å². The molecule has 112 valence electrons. The van der Waals surface area contributed by atoms with Crippen molar-refractivity contribution in [2.45, 2.75) is 32.4 Å². The minimum absolute atomic E-state index is 0.0351. The molecule has 1 unspecified atom stereocenters. The van der Waals surface area contributed by atoms with Crippen LogP contribution in [0.5, 0.6) is 0 Å². The Morgan fingerprint density at radius 3 is 2.33 bits per heavy atom. The SMILES string of the molecule is CC(C)c1ccc(C(N)CN(C)Cc2cccnc2)cc1. The van der Waals surface area contributed by atoms with Gasteiger partial charge >= 0.3 is 0 Å². The van der Waals surface area contributed by atoms with Crippen molar-refractivity contribution in [3.05, 3.63) is 65.5 Å². The summed E-state index contributed by atoms with van der Waals surface area (Å²) < 4.78 is 0. The molecule has 0 saturated carbocycles. The van der Waals surface area contributed by atoms with Gasteiger partial charge in [-0.15, -0.1) is 0 Å². The Bertz CT molecular complexity index is 534. The van der Waals surface area contributed by atoms with Gasteiger partial charge in [-0.05, 0) is 35.7 Å². The molecule has 0 aliphatic rings. The van der Waals surface area contributed by atoms with Crippen LogP contribution in [0.25, 0.3) is 0 Å². The molecule has 0 saturated heterocycles. The number of hydrogen-bond donors (Lipinski definition) is 1. The summed E-state index contributed by atoms with van der Waals surface area (Å²) >= 11 is 0. The van der Waals surface area contributed by atoms with E-state index in [1.807, 2.05) is 12.3 Å². The first-order valence-electron chi connectivity index (χ1n) is 7.49. The summed E-state index contributed by atoms with van der Waals surface area (Å²) in [5.41, 5.74) is 10.1. The minimum atomic E-state index is 0.0351. The van der Waals surface area contributed by atoms with Crippen molar-refractivity contribution in [3.63, 3.8) is 0 Å². The third kappa shape index (κ3) is 4.66. The lowest BCUT2D eigenvalue weighted by Gasteiger charge is -2.22. The summed E-state index contributed by atoms with van der Waals surface area (Å²) in [5.74, 6) is 0.559. The van der Waals surface area contributed by atoms with Crippen LogP contribution in [-0.4, -0.2) is 23.5 Å². The average Bonchev–Trinajstić information content (AvgIpc) is 2.48. The third-order valence-corrected chi connectivity index (χ3v) is 3.71. The minimum Gasteiger partial charge on any atom is -0.323 e. The van der Waals surface area contributed by atoms with Crippen LogP contribution in [0, 0.1) is 0 Å². The second-order valence-electron chi connectivity index (χ2n) is 5.99. The lowest BCUT2D eigenvalue weighted by molar-refractivity contribution is 0.305. The highest BCUT2D eigenvalue weighted by Crippen LogP contribution is 2.18. The largest absolute Gasteiger partial charge is 0.323 e. The van der Waals surface area contributed by atoms with E-state index < -0.39 is 0 Å². The van der Waals surface area contributed by atoms with Crippen molar-refractivity contribution >= 4 is 0 Å². The molecule has 1 aromatic heterocycles. The Balaban J connectivity index is 1.92. The fraction of sp³-hybridized carbons (Fsp3) is 0.389. The molecule has 1 aromatic carbocycles. The van der Waals surface area contributed by atoms with E-state index in [2.05, 4.69) is 61.1 Å². The number of aromatic nitrogens is 1. The van der Waals surface area contributed by atoms with Gasteiger partial charge in [-0.25, -0.2) is 0 Å². The highest BCUT2D eigenvalue weighted by atomic mass is 15.1. The molecular weight excluding hydrogens is 258 g/mol. The fourth-order valence-electron chi connectivity index (χ4n) is 2.44. The lowest BCUT2D eigenvalue weighted by atomic mass is 9.99. The maximum absolute atomic E-state index is 6.32. The van der Waals surface area contributed by atoms with E-state index in [4.69, 9.17) is 5.73 Å². The van der Waals surface area contributed by atoms with Gasteiger partial charge in [0.15, 0.2) is 0 Å². The summed E-state index contributed by atoms with van der Waals surface area (Å²) in [4.78, 5) is 6.38. The maximum Gasteiger partial charge on any atom is 0.0424 e. The summed E-state index contributed by atoms with van der Waals surface area (Å²) in [6.07, 6.45) is 3.70. The summed E-state index contributed by atoms with van der Waals surface area (Å²) in [6.45, 7) is 6.11. The molecule has 1 atom stereocenters. The Hall–Kier alpha value is -1.71. The van der Waals surface area contributed by atoms with Gasteiger partial charge in [0, 0.05) is 31.5 Å². The van der Waals surface area contributed by atoms with Gasteiger partial charge in [0.05, 0.1) is 0 Å². The van der Waals surface area contributed by atoms with Gasteiger partial charge in [0.1, 0.15) is 0 Å². The summed E-state index contributed by atoms with van der Waals surface area (Å²) in [6, 6.07) is 12.8. The first-order chi connectivity index (χ1) is 10.1. The number of hydrogen-bond acceptors (Lipinski definition) is 3. The molecule has 0 spiro atoms. The number of likely N-dealkylation sites (N-methyl/N-ethyl adjacent to an activating group) is 1. The molecule has 2 rings (SSSR count). The molecule has 3 nitrogen and oxygen atoms in total. The van der Waals surface area contributed by atoms with Crippen molar-refractivity contribution in [2.24, 2.45) is 5.73 Å². The molecule has 0 amide bonds. The number of pyridine rings is 1. The van der Waals surface area contributed by atoms with Gasteiger partial charge in [0.2, 0.25) is 0 Å². The molecule has 2 aromatic rings. The van der Waals surface area contributed by atoms with Crippen molar-refractivity contribution in [3.8, 4) is 0 Å². The number of nitrogens with zero attached hydrogens (tertiary/aromatic N) is 2. The van der Waals surface area contributed by atoms with Gasteiger partial charge in [-0.1, -0.05) is 44.2 Å². The van der Waals surface area contributed by atoms with Crippen molar-refractivity contribution in [2.75, 3.05) is 13.6 Å². The molecule has 0 radical (unpaired) electrons. The molecule has 2 N–H and O–H groups in total. The van der Waals surface area contributed by atoms with Crippen LogP contribution < -0.4 is 5.73 Å². The maximum atomic E-state index is 6.32. The Morgan fingerprint density at radius 1 is 1.10 bits per heavy atom.